The van der Waals surface area contributed by atoms with E-state index in [2.05, 4.69) is 34.7 Å². The zero-order valence-electron chi connectivity index (χ0n) is 22.2. The number of ether oxygens (including phenoxy) is 1. The van der Waals surface area contributed by atoms with Crippen LogP contribution in [0.3, 0.4) is 0 Å². The van der Waals surface area contributed by atoms with Crippen LogP contribution in [0.15, 0.2) is 29.0 Å². The van der Waals surface area contributed by atoms with E-state index in [1.807, 2.05) is 19.9 Å². The van der Waals surface area contributed by atoms with Crippen molar-refractivity contribution in [2.45, 2.75) is 70.9 Å². The van der Waals surface area contributed by atoms with Gasteiger partial charge in [0.1, 0.15) is 11.5 Å². The highest BCUT2D eigenvalue weighted by Gasteiger charge is 2.29. The minimum absolute atomic E-state index is 0.00835. The molecule has 1 aliphatic heterocycles. The molecule has 3 aromatic heterocycles. The number of nitrogens with zero attached hydrogens (tertiary/aromatic N) is 5. The molecule has 2 amide bonds. The van der Waals surface area contributed by atoms with Crippen molar-refractivity contribution in [3.8, 4) is 5.88 Å². The second kappa shape index (κ2) is 12.2. The van der Waals surface area contributed by atoms with E-state index in [1.54, 1.807) is 11.7 Å². The summed E-state index contributed by atoms with van der Waals surface area (Å²) in [6, 6.07) is 2.17. The predicted molar refractivity (Wildman–Crippen MR) is 146 cm³/mol. The van der Waals surface area contributed by atoms with Crippen LogP contribution in [0.4, 0.5) is 0 Å². The molecule has 0 radical (unpaired) electrons. The third-order valence-corrected chi connectivity index (χ3v) is 8.17. The number of hydrogen-bond acceptors (Lipinski definition) is 7. The largest absolute Gasteiger partial charge is 0.476 e. The van der Waals surface area contributed by atoms with Crippen LogP contribution in [-0.2, 0) is 4.79 Å². The van der Waals surface area contributed by atoms with Crippen LogP contribution in [0.25, 0.3) is 11.0 Å². The van der Waals surface area contributed by atoms with E-state index in [0.717, 1.165) is 56.4 Å². The molecule has 5 rings (SSSR count). The van der Waals surface area contributed by atoms with Gasteiger partial charge in [0.15, 0.2) is 0 Å². The van der Waals surface area contributed by atoms with Crippen LogP contribution in [0, 0.1) is 5.92 Å². The number of nitrogens with one attached hydrogen (secondary N) is 2. The summed E-state index contributed by atoms with van der Waals surface area (Å²) in [4.78, 5) is 44.7. The number of rotatable bonds is 8. The van der Waals surface area contributed by atoms with Crippen molar-refractivity contribution in [3.63, 3.8) is 0 Å². The van der Waals surface area contributed by atoms with Crippen molar-refractivity contribution < 1.29 is 14.3 Å². The Labute approximate surface area is 226 Å². The Hall–Kier alpha value is -3.05. The highest BCUT2D eigenvalue weighted by atomic mass is 32.1. The molecule has 2 aliphatic rings. The lowest BCUT2D eigenvalue weighted by Crippen LogP contribution is -2.38. The van der Waals surface area contributed by atoms with Gasteiger partial charge in [-0.1, -0.05) is 6.42 Å². The number of imidazole rings is 1. The molecule has 1 aliphatic carbocycles. The molecule has 0 aromatic carbocycles. The van der Waals surface area contributed by atoms with Gasteiger partial charge in [-0.25, -0.2) is 4.98 Å². The van der Waals surface area contributed by atoms with E-state index in [4.69, 9.17) is 4.74 Å². The first-order chi connectivity index (χ1) is 18.5. The number of likely N-dealkylation sites (tertiary alicyclic amines) is 1. The summed E-state index contributed by atoms with van der Waals surface area (Å²) in [7, 11) is 0. The lowest BCUT2D eigenvalue weighted by Gasteiger charge is -2.29. The van der Waals surface area contributed by atoms with Gasteiger partial charge in [-0.15, -0.1) is 11.3 Å². The summed E-state index contributed by atoms with van der Waals surface area (Å²) < 4.78 is 8.16. The SMILES string of the molecule is CC(C)NC(=O)[C@H]1CC[C@@H](n2/c(=N/C(=O)c3cncs3)[nH]c3cnc(OCCN4CCCCC4)cc32)CC1. The molecular formula is C27H37N7O3S. The van der Waals surface area contributed by atoms with Crippen LogP contribution in [0.1, 0.15) is 74.5 Å². The quantitative estimate of drug-likeness (QED) is 0.451. The number of piperidine rings is 1. The maximum absolute atomic E-state index is 12.9. The van der Waals surface area contributed by atoms with Crippen molar-refractivity contribution >= 4 is 34.2 Å². The normalized spacial score (nSPS) is 21.2. The Bertz CT molecular complexity index is 1300. The monoisotopic (exact) mass is 539 g/mol. The Morgan fingerprint density at radius 2 is 1.97 bits per heavy atom. The lowest BCUT2D eigenvalue weighted by molar-refractivity contribution is -0.126. The van der Waals surface area contributed by atoms with Crippen LogP contribution in [-0.4, -0.2) is 68.5 Å². The van der Waals surface area contributed by atoms with Gasteiger partial charge in [0, 0.05) is 30.6 Å². The molecule has 1 saturated carbocycles. The first kappa shape index (κ1) is 26.6. The molecule has 2 fully saturated rings. The van der Waals surface area contributed by atoms with Crippen molar-refractivity contribution in [1.82, 2.24) is 29.7 Å². The van der Waals surface area contributed by atoms with Gasteiger partial charge < -0.3 is 19.6 Å². The van der Waals surface area contributed by atoms with Crippen LogP contribution in [0.5, 0.6) is 5.88 Å². The molecular weight excluding hydrogens is 502 g/mol. The number of pyridine rings is 1. The summed E-state index contributed by atoms with van der Waals surface area (Å²) in [6.45, 7) is 7.70. The number of aromatic amines is 1. The Morgan fingerprint density at radius 1 is 1.18 bits per heavy atom. The summed E-state index contributed by atoms with van der Waals surface area (Å²) in [5, 5.41) is 3.05. The summed E-state index contributed by atoms with van der Waals surface area (Å²) in [6.07, 6.45) is 10.3. The van der Waals surface area contributed by atoms with Crippen molar-refractivity contribution in [1.29, 1.82) is 0 Å². The molecule has 4 heterocycles. The number of H-pyrrole nitrogens is 1. The molecule has 0 bridgehead atoms. The zero-order valence-corrected chi connectivity index (χ0v) is 23.0. The molecule has 38 heavy (non-hydrogen) atoms. The fraction of sp³-hybridized carbons (Fsp3) is 0.593. The van der Waals surface area contributed by atoms with Gasteiger partial charge >= 0.3 is 0 Å². The third-order valence-electron chi connectivity index (χ3n) is 7.41. The second-order valence-corrected chi connectivity index (χ2v) is 11.4. The number of amides is 2. The third kappa shape index (κ3) is 6.32. The van der Waals surface area contributed by atoms with Crippen molar-refractivity contribution in [2.24, 2.45) is 10.9 Å². The Kier molecular flexibility index (Phi) is 8.53. The number of thiazole rings is 1. The molecule has 2 N–H and O–H groups in total. The first-order valence-electron chi connectivity index (χ1n) is 13.7. The van der Waals surface area contributed by atoms with Crippen LogP contribution in [0.2, 0.25) is 0 Å². The molecule has 1 saturated heterocycles. The van der Waals surface area contributed by atoms with Gasteiger partial charge in [0.05, 0.1) is 28.9 Å². The maximum atomic E-state index is 12.9. The molecule has 3 aromatic rings. The Morgan fingerprint density at radius 3 is 2.68 bits per heavy atom. The Balaban J connectivity index is 1.39. The average Bonchev–Trinajstić information content (AvgIpc) is 3.57. The number of fused-ring (bicyclic) bond motifs is 1. The summed E-state index contributed by atoms with van der Waals surface area (Å²) in [5.41, 5.74) is 3.81. The van der Waals surface area contributed by atoms with E-state index in [9.17, 15) is 9.59 Å². The van der Waals surface area contributed by atoms with Gasteiger partial charge in [-0.3, -0.25) is 19.5 Å². The molecule has 0 unspecified atom stereocenters. The van der Waals surface area contributed by atoms with Gasteiger partial charge in [-0.05, 0) is 65.5 Å². The van der Waals surface area contributed by atoms with Gasteiger partial charge in [0.2, 0.25) is 17.4 Å². The fourth-order valence-corrected chi connectivity index (χ4v) is 5.98. The fourth-order valence-electron chi connectivity index (χ4n) is 5.48. The summed E-state index contributed by atoms with van der Waals surface area (Å²) in [5.74, 6) is 0.367. The number of hydrogen-bond donors (Lipinski definition) is 2. The zero-order chi connectivity index (χ0) is 26.5. The topological polar surface area (TPSA) is 117 Å². The highest BCUT2D eigenvalue weighted by Crippen LogP contribution is 2.33. The second-order valence-electron chi connectivity index (χ2n) is 10.6. The minimum Gasteiger partial charge on any atom is -0.476 e. The van der Waals surface area contributed by atoms with Gasteiger partial charge in [0.25, 0.3) is 5.91 Å². The number of aromatic nitrogens is 4. The smallest absolute Gasteiger partial charge is 0.291 e. The van der Waals surface area contributed by atoms with Crippen LogP contribution < -0.4 is 15.7 Å². The van der Waals surface area contributed by atoms with E-state index in [1.165, 1.54) is 36.8 Å². The molecule has 0 atom stereocenters. The number of carbonyl (C=O) groups excluding carboxylic acids is 2. The average molecular weight is 540 g/mol. The maximum Gasteiger partial charge on any atom is 0.291 e. The first-order valence-corrected chi connectivity index (χ1v) is 14.6. The van der Waals surface area contributed by atoms with Gasteiger partial charge in [-0.2, -0.15) is 4.99 Å². The number of carbonyl (C=O) groups is 2. The lowest BCUT2D eigenvalue weighted by atomic mass is 9.85. The van der Waals surface area contributed by atoms with Crippen LogP contribution >= 0.6 is 11.3 Å². The van der Waals surface area contributed by atoms with Crippen molar-refractivity contribution in [3.05, 3.63) is 34.5 Å². The van der Waals surface area contributed by atoms with E-state index < -0.39 is 0 Å². The minimum atomic E-state index is -0.330. The molecule has 11 heteroatoms. The molecule has 204 valence electrons. The van der Waals surface area contributed by atoms with E-state index >= 15 is 0 Å². The standard InChI is InChI=1S/C27H37N7O3S/c1-18(2)30-25(35)19-6-8-20(9-7-19)34-22-14-24(37-13-12-33-10-4-3-5-11-33)29-15-21(22)31-27(34)32-26(36)23-16-28-17-38-23/h14-20H,3-13H2,1-2H3,(H,30,35)(H,31,32,36)/t19-,20+. The van der Waals surface area contributed by atoms with E-state index in [-0.39, 0.29) is 29.8 Å². The molecule has 0 spiro atoms. The van der Waals surface area contributed by atoms with E-state index in [0.29, 0.717) is 23.0 Å². The predicted octanol–water partition coefficient (Wildman–Crippen LogP) is 3.68. The molecule has 10 nitrogen and oxygen atoms in total. The highest BCUT2D eigenvalue weighted by molar-refractivity contribution is 7.11. The summed E-state index contributed by atoms with van der Waals surface area (Å²) >= 11 is 1.27. The van der Waals surface area contributed by atoms with Crippen molar-refractivity contribution in [2.75, 3.05) is 26.2 Å².